The number of aromatic amines is 1. The Labute approximate surface area is 104 Å². The number of hydrogen-bond acceptors (Lipinski definition) is 2. The molecule has 0 atom stereocenters. The van der Waals surface area contributed by atoms with Gasteiger partial charge < -0.3 is 5.32 Å². The lowest BCUT2D eigenvalue weighted by atomic mass is 10.1. The molecule has 0 aliphatic rings. The molecular weight excluding hydrogens is 233 g/mol. The molecule has 1 heterocycles. The smallest absolute Gasteiger partial charge is 0.256 e. The summed E-state index contributed by atoms with van der Waals surface area (Å²) in [4.78, 5) is 12.0. The maximum atomic E-state index is 13.1. The van der Waals surface area contributed by atoms with Gasteiger partial charge in [-0.15, -0.1) is 0 Å². The van der Waals surface area contributed by atoms with Crippen molar-refractivity contribution in [2.45, 2.75) is 20.3 Å². The highest BCUT2D eigenvalue weighted by Gasteiger charge is 2.11. The maximum absolute atomic E-state index is 13.1. The van der Waals surface area contributed by atoms with Crippen LogP contribution in [0.3, 0.4) is 0 Å². The van der Waals surface area contributed by atoms with E-state index in [-0.39, 0.29) is 11.7 Å². The fraction of sp³-hybridized carbons (Fsp3) is 0.231. The predicted octanol–water partition coefficient (Wildman–Crippen LogP) is 2.67. The Bertz CT molecular complexity index is 577. The average molecular weight is 247 g/mol. The Morgan fingerprint density at radius 3 is 2.94 bits per heavy atom. The molecule has 5 heteroatoms. The highest BCUT2D eigenvalue weighted by atomic mass is 19.1. The van der Waals surface area contributed by atoms with E-state index in [1.165, 1.54) is 18.2 Å². The standard InChI is InChI=1S/C13H14FN3O/c1-3-9-7-15-17-12(9)16-13(18)10-4-5-11(14)8(2)6-10/h4-7H,3H2,1-2H3,(H2,15,16,17,18). The van der Waals surface area contributed by atoms with Gasteiger partial charge in [-0.3, -0.25) is 9.89 Å². The van der Waals surface area contributed by atoms with Crippen LogP contribution < -0.4 is 5.32 Å². The minimum atomic E-state index is -0.317. The zero-order valence-corrected chi connectivity index (χ0v) is 10.2. The normalized spacial score (nSPS) is 10.4. The number of H-pyrrole nitrogens is 1. The fourth-order valence-electron chi connectivity index (χ4n) is 1.66. The Kier molecular flexibility index (Phi) is 3.41. The minimum absolute atomic E-state index is 0.281. The predicted molar refractivity (Wildman–Crippen MR) is 67.1 cm³/mol. The molecule has 1 amide bonds. The SMILES string of the molecule is CCc1cn[nH]c1NC(=O)c1ccc(F)c(C)c1. The van der Waals surface area contributed by atoms with Crippen molar-refractivity contribution in [1.82, 2.24) is 10.2 Å². The van der Waals surface area contributed by atoms with Crippen molar-refractivity contribution >= 4 is 11.7 Å². The van der Waals surface area contributed by atoms with Crippen LogP contribution in [0.1, 0.15) is 28.4 Å². The molecule has 0 aliphatic heterocycles. The van der Waals surface area contributed by atoms with Gasteiger partial charge >= 0.3 is 0 Å². The minimum Gasteiger partial charge on any atom is -0.307 e. The van der Waals surface area contributed by atoms with Crippen LogP contribution in [-0.4, -0.2) is 16.1 Å². The lowest BCUT2D eigenvalue weighted by molar-refractivity contribution is 0.102. The van der Waals surface area contributed by atoms with Crippen LogP contribution in [0.4, 0.5) is 10.2 Å². The lowest BCUT2D eigenvalue weighted by Gasteiger charge is -2.05. The van der Waals surface area contributed by atoms with E-state index in [2.05, 4.69) is 15.5 Å². The Balaban J connectivity index is 2.19. The van der Waals surface area contributed by atoms with Gasteiger partial charge in [0.15, 0.2) is 0 Å². The molecule has 0 bridgehead atoms. The van der Waals surface area contributed by atoms with Crippen LogP contribution in [0, 0.1) is 12.7 Å². The average Bonchev–Trinajstić information content (AvgIpc) is 2.79. The Morgan fingerprint density at radius 2 is 2.28 bits per heavy atom. The second-order valence-corrected chi connectivity index (χ2v) is 4.04. The van der Waals surface area contributed by atoms with Gasteiger partial charge in [0.05, 0.1) is 6.20 Å². The highest BCUT2D eigenvalue weighted by molar-refractivity contribution is 6.04. The molecule has 0 unspecified atom stereocenters. The second-order valence-electron chi connectivity index (χ2n) is 4.04. The summed E-state index contributed by atoms with van der Waals surface area (Å²) in [6, 6.07) is 4.27. The van der Waals surface area contributed by atoms with Crippen LogP contribution in [0.15, 0.2) is 24.4 Å². The topological polar surface area (TPSA) is 57.8 Å². The fourth-order valence-corrected chi connectivity index (χ4v) is 1.66. The molecule has 18 heavy (non-hydrogen) atoms. The number of aromatic nitrogens is 2. The summed E-state index contributed by atoms with van der Waals surface area (Å²) in [6.45, 7) is 3.60. The van der Waals surface area contributed by atoms with E-state index >= 15 is 0 Å². The molecule has 1 aromatic carbocycles. The number of halogens is 1. The van der Waals surface area contributed by atoms with Crippen molar-refractivity contribution in [1.29, 1.82) is 0 Å². The summed E-state index contributed by atoms with van der Waals surface area (Å²) in [6.07, 6.45) is 2.44. The molecular formula is C13H14FN3O. The number of aryl methyl sites for hydroxylation is 2. The van der Waals surface area contributed by atoms with Gasteiger partial charge in [0, 0.05) is 11.1 Å². The zero-order chi connectivity index (χ0) is 13.1. The largest absolute Gasteiger partial charge is 0.307 e. The number of hydrogen-bond donors (Lipinski definition) is 2. The molecule has 0 saturated heterocycles. The number of anilines is 1. The second kappa shape index (κ2) is 5.00. The van der Waals surface area contributed by atoms with Crippen molar-refractivity contribution in [2.75, 3.05) is 5.32 Å². The molecule has 0 saturated carbocycles. The monoisotopic (exact) mass is 247 g/mol. The maximum Gasteiger partial charge on any atom is 0.256 e. The zero-order valence-electron chi connectivity index (χ0n) is 10.2. The van der Waals surface area contributed by atoms with Crippen molar-refractivity contribution in [3.63, 3.8) is 0 Å². The molecule has 0 fully saturated rings. The van der Waals surface area contributed by atoms with Crippen LogP contribution in [0.2, 0.25) is 0 Å². The van der Waals surface area contributed by atoms with Gasteiger partial charge in [0.1, 0.15) is 11.6 Å². The van der Waals surface area contributed by atoms with E-state index in [4.69, 9.17) is 0 Å². The van der Waals surface area contributed by atoms with E-state index < -0.39 is 0 Å². The molecule has 94 valence electrons. The third-order valence-electron chi connectivity index (χ3n) is 2.76. The van der Waals surface area contributed by atoms with Crippen molar-refractivity contribution in [3.05, 3.63) is 46.9 Å². The highest BCUT2D eigenvalue weighted by Crippen LogP contribution is 2.14. The molecule has 0 aliphatic carbocycles. The summed E-state index contributed by atoms with van der Waals surface area (Å²) in [5.74, 6) is -0.0103. The number of nitrogens with one attached hydrogen (secondary N) is 2. The van der Waals surface area contributed by atoms with E-state index in [1.54, 1.807) is 13.1 Å². The molecule has 0 spiro atoms. The number of carbonyl (C=O) groups is 1. The van der Waals surface area contributed by atoms with Gasteiger partial charge in [-0.25, -0.2) is 4.39 Å². The summed E-state index contributed by atoms with van der Waals surface area (Å²) < 4.78 is 13.1. The summed E-state index contributed by atoms with van der Waals surface area (Å²) in [5, 5.41) is 9.32. The number of benzene rings is 1. The molecule has 4 nitrogen and oxygen atoms in total. The molecule has 2 aromatic rings. The lowest BCUT2D eigenvalue weighted by Crippen LogP contribution is -2.13. The number of amides is 1. The first-order valence-corrected chi connectivity index (χ1v) is 5.71. The van der Waals surface area contributed by atoms with Crippen molar-refractivity contribution < 1.29 is 9.18 Å². The quantitative estimate of drug-likeness (QED) is 0.876. The third-order valence-corrected chi connectivity index (χ3v) is 2.76. The van der Waals surface area contributed by atoms with Crippen LogP contribution in [0.5, 0.6) is 0 Å². The number of carbonyl (C=O) groups excluding carboxylic acids is 1. The molecule has 1 aromatic heterocycles. The number of rotatable bonds is 3. The molecule has 0 radical (unpaired) electrons. The van der Waals surface area contributed by atoms with Gasteiger partial charge in [0.2, 0.25) is 0 Å². The Hall–Kier alpha value is -2.17. The number of nitrogens with zero attached hydrogens (tertiary/aromatic N) is 1. The van der Waals surface area contributed by atoms with E-state index in [9.17, 15) is 9.18 Å². The van der Waals surface area contributed by atoms with Crippen LogP contribution in [-0.2, 0) is 6.42 Å². The summed E-state index contributed by atoms with van der Waals surface area (Å²) >= 11 is 0. The first-order valence-electron chi connectivity index (χ1n) is 5.71. The third kappa shape index (κ3) is 2.40. The van der Waals surface area contributed by atoms with Crippen LogP contribution >= 0.6 is 0 Å². The Morgan fingerprint density at radius 1 is 1.50 bits per heavy atom. The molecule has 2 N–H and O–H groups in total. The van der Waals surface area contributed by atoms with E-state index in [0.29, 0.717) is 16.9 Å². The van der Waals surface area contributed by atoms with Gasteiger partial charge in [-0.1, -0.05) is 6.92 Å². The first-order chi connectivity index (χ1) is 8.61. The van der Waals surface area contributed by atoms with Crippen LogP contribution in [0.25, 0.3) is 0 Å². The van der Waals surface area contributed by atoms with E-state index in [1.807, 2.05) is 6.92 Å². The first kappa shape index (κ1) is 12.3. The summed E-state index contributed by atoms with van der Waals surface area (Å²) in [5.41, 5.74) is 1.80. The van der Waals surface area contributed by atoms with Crippen molar-refractivity contribution in [3.8, 4) is 0 Å². The summed E-state index contributed by atoms with van der Waals surface area (Å²) in [7, 11) is 0. The van der Waals surface area contributed by atoms with Gasteiger partial charge in [-0.2, -0.15) is 5.10 Å². The molecule has 2 rings (SSSR count). The van der Waals surface area contributed by atoms with Gasteiger partial charge in [0.25, 0.3) is 5.91 Å². The van der Waals surface area contributed by atoms with Gasteiger partial charge in [-0.05, 0) is 37.1 Å². The van der Waals surface area contributed by atoms with E-state index in [0.717, 1.165) is 12.0 Å². The van der Waals surface area contributed by atoms with Crippen molar-refractivity contribution in [2.24, 2.45) is 0 Å².